The van der Waals surface area contributed by atoms with Crippen LogP contribution in [0.2, 0.25) is 0 Å². The Balaban J connectivity index is 1.84. The van der Waals surface area contributed by atoms with Crippen molar-refractivity contribution >= 4 is 16.9 Å². The molecule has 1 aromatic carbocycles. The van der Waals surface area contributed by atoms with Crippen LogP contribution in [0.25, 0.3) is 0 Å². The second-order valence-corrected chi connectivity index (χ2v) is 6.71. The summed E-state index contributed by atoms with van der Waals surface area (Å²) in [6, 6.07) is 13.8. The number of hydrogen-bond donors (Lipinski definition) is 1. The molecule has 114 valence electrons. The molecule has 0 radical (unpaired) electrons. The fraction of sp³-hybridized carbons (Fsp3) is 0.353. The van der Waals surface area contributed by atoms with Crippen LogP contribution in [0.4, 0.5) is 0 Å². The van der Waals surface area contributed by atoms with Crippen LogP contribution >= 0.6 is 11.8 Å². The predicted molar refractivity (Wildman–Crippen MR) is 87.6 cm³/mol. The molecule has 0 aliphatic carbocycles. The van der Waals surface area contributed by atoms with E-state index in [0.29, 0.717) is 5.76 Å². The van der Waals surface area contributed by atoms with Gasteiger partial charge in [0.15, 0.2) is 10.9 Å². The van der Waals surface area contributed by atoms with E-state index in [1.165, 1.54) is 0 Å². The molecule has 2 aromatic rings. The third-order valence-corrected chi connectivity index (χ3v) is 5.65. The summed E-state index contributed by atoms with van der Waals surface area (Å²) < 4.78 is 5.60. The first-order chi connectivity index (χ1) is 10.8. The van der Waals surface area contributed by atoms with Crippen molar-refractivity contribution in [3.05, 3.63) is 60.1 Å². The van der Waals surface area contributed by atoms with E-state index in [2.05, 4.69) is 17.1 Å². The van der Waals surface area contributed by atoms with Gasteiger partial charge >= 0.3 is 0 Å². The molecule has 2 aliphatic heterocycles. The van der Waals surface area contributed by atoms with Crippen LogP contribution in [0.15, 0.2) is 58.1 Å². The zero-order chi connectivity index (χ0) is 15.0. The number of amidine groups is 1. The Bertz CT molecular complexity index is 671. The van der Waals surface area contributed by atoms with Gasteiger partial charge in [0.1, 0.15) is 0 Å². The van der Waals surface area contributed by atoms with Gasteiger partial charge in [-0.2, -0.15) is 0 Å². The van der Waals surface area contributed by atoms with Crippen molar-refractivity contribution in [3.63, 3.8) is 0 Å². The summed E-state index contributed by atoms with van der Waals surface area (Å²) in [4.78, 5) is 6.69. The van der Waals surface area contributed by atoms with Crippen molar-refractivity contribution in [2.45, 2.75) is 23.8 Å². The van der Waals surface area contributed by atoms with E-state index in [1.807, 2.05) is 35.2 Å². The summed E-state index contributed by atoms with van der Waals surface area (Å²) in [5.74, 6) is 0.584. The molecule has 2 unspecified atom stereocenters. The van der Waals surface area contributed by atoms with E-state index in [0.717, 1.165) is 36.7 Å². The van der Waals surface area contributed by atoms with Crippen LogP contribution < -0.4 is 0 Å². The topological polar surface area (TPSA) is 49.0 Å². The lowest BCUT2D eigenvalue weighted by molar-refractivity contribution is -0.0875. The van der Waals surface area contributed by atoms with E-state index in [-0.39, 0.29) is 5.25 Å². The third kappa shape index (κ3) is 2.08. The smallest absolute Gasteiger partial charge is 0.216 e. The normalized spacial score (nSPS) is 28.1. The molecule has 1 N–H and O–H groups in total. The Kier molecular flexibility index (Phi) is 3.47. The standard InChI is InChI=1S/C17H18N2O2S/c20-17(14-9-6-12-21-14)15(13-7-2-1-3-8-13)22-16-18-10-4-5-11-19(16)17/h1-3,6-9,12,15,20H,4-5,10-11H2. The van der Waals surface area contributed by atoms with E-state index < -0.39 is 5.72 Å². The average molecular weight is 314 g/mol. The molecular formula is C17H18N2O2S. The zero-order valence-corrected chi connectivity index (χ0v) is 13.0. The van der Waals surface area contributed by atoms with Gasteiger partial charge < -0.3 is 14.4 Å². The first-order valence-electron chi connectivity index (χ1n) is 7.60. The number of aliphatic hydroxyl groups is 1. The van der Waals surface area contributed by atoms with Gasteiger partial charge in [-0.3, -0.25) is 4.99 Å². The fourth-order valence-electron chi connectivity index (χ4n) is 3.16. The molecule has 1 fully saturated rings. The third-order valence-electron chi connectivity index (χ3n) is 4.25. The molecule has 0 spiro atoms. The maximum atomic E-state index is 11.6. The first kappa shape index (κ1) is 13.9. The lowest BCUT2D eigenvalue weighted by Crippen LogP contribution is -2.45. The molecule has 2 atom stereocenters. The highest BCUT2D eigenvalue weighted by Crippen LogP contribution is 2.54. The molecule has 2 aliphatic rings. The van der Waals surface area contributed by atoms with Gasteiger partial charge in [-0.15, -0.1) is 0 Å². The van der Waals surface area contributed by atoms with Gasteiger partial charge in [-0.05, 0) is 30.5 Å². The van der Waals surface area contributed by atoms with Crippen molar-refractivity contribution < 1.29 is 9.52 Å². The minimum Gasteiger partial charge on any atom is -0.464 e. The van der Waals surface area contributed by atoms with E-state index in [4.69, 9.17) is 4.42 Å². The molecule has 22 heavy (non-hydrogen) atoms. The van der Waals surface area contributed by atoms with E-state index in [9.17, 15) is 5.11 Å². The number of benzene rings is 1. The predicted octanol–water partition coefficient (Wildman–Crippen LogP) is 3.36. The Hall–Kier alpha value is -1.72. The Morgan fingerprint density at radius 1 is 1.18 bits per heavy atom. The fourth-order valence-corrected chi connectivity index (χ4v) is 4.60. The Labute approximate surface area is 133 Å². The molecule has 1 aromatic heterocycles. The van der Waals surface area contributed by atoms with Crippen molar-refractivity contribution in [1.82, 2.24) is 4.90 Å². The van der Waals surface area contributed by atoms with Crippen molar-refractivity contribution in [1.29, 1.82) is 0 Å². The highest BCUT2D eigenvalue weighted by atomic mass is 32.2. The molecule has 5 heteroatoms. The molecule has 3 heterocycles. The van der Waals surface area contributed by atoms with Crippen LogP contribution in [0.5, 0.6) is 0 Å². The maximum absolute atomic E-state index is 11.6. The minimum absolute atomic E-state index is 0.142. The number of fused-ring (bicyclic) bond motifs is 1. The van der Waals surface area contributed by atoms with Crippen LogP contribution in [-0.2, 0) is 5.72 Å². The summed E-state index contributed by atoms with van der Waals surface area (Å²) in [7, 11) is 0. The number of hydrogen-bond acceptors (Lipinski definition) is 5. The average Bonchev–Trinajstić information content (AvgIpc) is 3.10. The van der Waals surface area contributed by atoms with Gasteiger partial charge in [0.05, 0.1) is 11.5 Å². The van der Waals surface area contributed by atoms with Gasteiger partial charge in [0.2, 0.25) is 5.72 Å². The van der Waals surface area contributed by atoms with Crippen LogP contribution in [0.1, 0.15) is 29.4 Å². The monoisotopic (exact) mass is 314 g/mol. The lowest BCUT2D eigenvalue weighted by Gasteiger charge is -2.35. The van der Waals surface area contributed by atoms with Gasteiger partial charge in [-0.25, -0.2) is 0 Å². The highest BCUT2D eigenvalue weighted by molar-refractivity contribution is 8.14. The number of furan rings is 1. The van der Waals surface area contributed by atoms with E-state index >= 15 is 0 Å². The van der Waals surface area contributed by atoms with Crippen molar-refractivity contribution in [2.24, 2.45) is 4.99 Å². The summed E-state index contributed by atoms with van der Waals surface area (Å²) >= 11 is 1.63. The second-order valence-electron chi connectivity index (χ2n) is 5.64. The molecule has 0 bridgehead atoms. The molecule has 0 saturated carbocycles. The molecular weight excluding hydrogens is 296 g/mol. The number of rotatable bonds is 2. The van der Waals surface area contributed by atoms with Crippen molar-refractivity contribution in [3.8, 4) is 0 Å². The summed E-state index contributed by atoms with van der Waals surface area (Å²) in [5, 5.41) is 12.4. The van der Waals surface area contributed by atoms with Gasteiger partial charge in [0, 0.05) is 13.1 Å². The quantitative estimate of drug-likeness (QED) is 0.923. The molecule has 1 saturated heterocycles. The van der Waals surface area contributed by atoms with Crippen LogP contribution in [0.3, 0.4) is 0 Å². The summed E-state index contributed by atoms with van der Waals surface area (Å²) in [6.07, 6.45) is 3.70. The van der Waals surface area contributed by atoms with Crippen molar-refractivity contribution in [2.75, 3.05) is 13.1 Å². The van der Waals surface area contributed by atoms with Crippen LogP contribution in [-0.4, -0.2) is 28.3 Å². The lowest BCUT2D eigenvalue weighted by atomic mass is 9.97. The minimum atomic E-state index is -1.18. The Morgan fingerprint density at radius 3 is 2.82 bits per heavy atom. The zero-order valence-electron chi connectivity index (χ0n) is 12.2. The van der Waals surface area contributed by atoms with Gasteiger partial charge in [-0.1, -0.05) is 42.1 Å². The second kappa shape index (κ2) is 5.48. The maximum Gasteiger partial charge on any atom is 0.216 e. The van der Waals surface area contributed by atoms with Gasteiger partial charge in [0.25, 0.3) is 0 Å². The first-order valence-corrected chi connectivity index (χ1v) is 8.48. The molecule has 0 amide bonds. The number of nitrogens with zero attached hydrogens (tertiary/aromatic N) is 2. The number of thioether (sulfide) groups is 1. The molecule has 4 nitrogen and oxygen atoms in total. The largest absolute Gasteiger partial charge is 0.464 e. The SMILES string of the molecule is OC1(c2ccco2)C(c2ccccc2)SC2=NCCCCN21. The summed E-state index contributed by atoms with van der Waals surface area (Å²) in [5.41, 5.74) is -0.0965. The van der Waals surface area contributed by atoms with Crippen LogP contribution in [0, 0.1) is 0 Å². The summed E-state index contributed by atoms with van der Waals surface area (Å²) in [6.45, 7) is 1.63. The number of aliphatic imine (C=N–C) groups is 1. The van der Waals surface area contributed by atoms with E-state index in [1.54, 1.807) is 18.0 Å². The Morgan fingerprint density at radius 2 is 2.05 bits per heavy atom. The molecule has 4 rings (SSSR count). The highest BCUT2D eigenvalue weighted by Gasteiger charge is 2.55.